The number of nitrogens with zero attached hydrogens (tertiary/aromatic N) is 1. The van der Waals surface area contributed by atoms with E-state index < -0.39 is 0 Å². The van der Waals surface area contributed by atoms with E-state index in [0.29, 0.717) is 6.61 Å². The molecule has 0 aliphatic carbocycles. The van der Waals surface area contributed by atoms with E-state index in [-0.39, 0.29) is 11.9 Å². The number of piperidine rings is 1. The summed E-state index contributed by atoms with van der Waals surface area (Å²) in [7, 11) is 0. The van der Waals surface area contributed by atoms with Crippen LogP contribution in [-0.2, 0) is 11.3 Å². The predicted molar refractivity (Wildman–Crippen MR) is 54.9 cm³/mol. The topological polar surface area (TPSA) is 34.1 Å². The summed E-state index contributed by atoms with van der Waals surface area (Å²) in [5.74, 6) is -0.308. The quantitative estimate of drug-likeness (QED) is 0.820. The highest BCUT2D eigenvalue weighted by molar-refractivity contribution is 5.08. The zero-order chi connectivity index (χ0) is 10.5. The number of rotatable bonds is 3. The molecule has 0 amide bonds. The van der Waals surface area contributed by atoms with Crippen molar-refractivity contribution in [3.63, 3.8) is 0 Å². The maximum atomic E-state index is 12.8. The first kappa shape index (κ1) is 10.5. The second-order valence-corrected chi connectivity index (χ2v) is 3.79. The molecule has 0 bridgehead atoms. The molecular formula is C11H15FN2O. The highest BCUT2D eigenvalue weighted by atomic mass is 19.1. The van der Waals surface area contributed by atoms with Gasteiger partial charge in [0, 0.05) is 12.7 Å². The molecule has 1 unspecified atom stereocenters. The van der Waals surface area contributed by atoms with Crippen LogP contribution in [-0.4, -0.2) is 24.2 Å². The summed E-state index contributed by atoms with van der Waals surface area (Å²) in [6.45, 7) is 2.40. The summed E-state index contributed by atoms with van der Waals surface area (Å²) in [6.07, 6.45) is 5.31. The van der Waals surface area contributed by atoms with Crippen LogP contribution < -0.4 is 5.32 Å². The van der Waals surface area contributed by atoms with E-state index in [2.05, 4.69) is 10.3 Å². The molecule has 1 saturated heterocycles. The Morgan fingerprint density at radius 1 is 1.53 bits per heavy atom. The molecule has 2 rings (SSSR count). The molecule has 1 atom stereocenters. The number of nitrogens with one attached hydrogen (secondary N) is 1. The molecule has 0 spiro atoms. The minimum absolute atomic E-state index is 0.252. The molecule has 0 aromatic carbocycles. The monoisotopic (exact) mass is 210 g/mol. The van der Waals surface area contributed by atoms with Gasteiger partial charge in [-0.25, -0.2) is 4.39 Å². The van der Waals surface area contributed by atoms with Crippen LogP contribution >= 0.6 is 0 Å². The van der Waals surface area contributed by atoms with E-state index in [0.717, 1.165) is 31.5 Å². The summed E-state index contributed by atoms with van der Waals surface area (Å²) in [5.41, 5.74) is 0.792. The van der Waals surface area contributed by atoms with Gasteiger partial charge in [0.2, 0.25) is 0 Å². The minimum Gasteiger partial charge on any atom is -0.372 e. The van der Waals surface area contributed by atoms with Gasteiger partial charge in [0.25, 0.3) is 0 Å². The van der Waals surface area contributed by atoms with Crippen LogP contribution in [0.15, 0.2) is 18.5 Å². The third-order valence-corrected chi connectivity index (χ3v) is 2.50. The lowest BCUT2D eigenvalue weighted by Crippen LogP contribution is -2.35. The van der Waals surface area contributed by atoms with Crippen molar-refractivity contribution in [1.29, 1.82) is 0 Å². The van der Waals surface area contributed by atoms with E-state index in [9.17, 15) is 4.39 Å². The standard InChI is InChI=1S/C11H15FN2O/c12-10-4-9(5-14-6-10)8-15-11-2-1-3-13-7-11/h4-6,11,13H,1-3,7-8H2. The summed E-state index contributed by atoms with van der Waals surface area (Å²) in [4.78, 5) is 3.78. The van der Waals surface area contributed by atoms with Gasteiger partial charge in [-0.05, 0) is 31.0 Å². The Labute approximate surface area is 88.7 Å². The number of ether oxygens (including phenoxy) is 1. The fourth-order valence-electron chi connectivity index (χ4n) is 1.71. The molecule has 15 heavy (non-hydrogen) atoms. The van der Waals surface area contributed by atoms with Crippen molar-refractivity contribution < 1.29 is 9.13 Å². The van der Waals surface area contributed by atoms with E-state index in [1.807, 2.05) is 0 Å². The molecule has 1 aromatic rings. The lowest BCUT2D eigenvalue weighted by molar-refractivity contribution is 0.0250. The fourth-order valence-corrected chi connectivity index (χ4v) is 1.71. The van der Waals surface area contributed by atoms with Crippen molar-refractivity contribution in [3.8, 4) is 0 Å². The molecule has 1 aliphatic rings. The average molecular weight is 210 g/mol. The zero-order valence-corrected chi connectivity index (χ0v) is 8.58. The minimum atomic E-state index is -0.308. The molecule has 1 aromatic heterocycles. The number of pyridine rings is 1. The largest absolute Gasteiger partial charge is 0.372 e. The smallest absolute Gasteiger partial charge is 0.141 e. The van der Waals surface area contributed by atoms with Crippen LogP contribution in [0.3, 0.4) is 0 Å². The third-order valence-electron chi connectivity index (χ3n) is 2.50. The molecule has 1 fully saturated rings. The van der Waals surface area contributed by atoms with Gasteiger partial charge in [0.15, 0.2) is 0 Å². The Morgan fingerprint density at radius 3 is 3.20 bits per heavy atom. The van der Waals surface area contributed by atoms with Gasteiger partial charge in [-0.2, -0.15) is 0 Å². The van der Waals surface area contributed by atoms with Crippen molar-refractivity contribution in [2.75, 3.05) is 13.1 Å². The third kappa shape index (κ3) is 3.25. The van der Waals surface area contributed by atoms with Crippen molar-refractivity contribution in [2.45, 2.75) is 25.6 Å². The molecule has 3 nitrogen and oxygen atoms in total. The Morgan fingerprint density at radius 2 is 2.47 bits per heavy atom. The lowest BCUT2D eigenvalue weighted by Gasteiger charge is -2.22. The van der Waals surface area contributed by atoms with Crippen molar-refractivity contribution in [1.82, 2.24) is 10.3 Å². The summed E-state index contributed by atoms with van der Waals surface area (Å²) >= 11 is 0. The molecule has 0 saturated carbocycles. The summed E-state index contributed by atoms with van der Waals surface area (Å²) in [5, 5.41) is 3.27. The maximum absolute atomic E-state index is 12.8. The van der Waals surface area contributed by atoms with Gasteiger partial charge >= 0.3 is 0 Å². The number of aromatic nitrogens is 1. The second-order valence-electron chi connectivity index (χ2n) is 3.79. The second kappa shape index (κ2) is 5.19. The van der Waals surface area contributed by atoms with Crippen molar-refractivity contribution in [3.05, 3.63) is 29.8 Å². The van der Waals surface area contributed by atoms with Crippen LogP contribution in [0.1, 0.15) is 18.4 Å². The van der Waals surface area contributed by atoms with Crippen molar-refractivity contribution >= 4 is 0 Å². The first-order valence-corrected chi connectivity index (χ1v) is 5.26. The predicted octanol–water partition coefficient (Wildman–Crippen LogP) is 1.49. The normalized spacial score (nSPS) is 21.5. The molecule has 4 heteroatoms. The Kier molecular flexibility index (Phi) is 3.64. The van der Waals surface area contributed by atoms with E-state index in [4.69, 9.17) is 4.74 Å². The maximum Gasteiger partial charge on any atom is 0.141 e. The Bertz CT molecular complexity index is 313. The Hall–Kier alpha value is -1.00. The Balaban J connectivity index is 1.81. The average Bonchev–Trinajstić information content (AvgIpc) is 2.28. The van der Waals surface area contributed by atoms with Gasteiger partial charge in [-0.15, -0.1) is 0 Å². The van der Waals surface area contributed by atoms with Gasteiger partial charge < -0.3 is 10.1 Å². The van der Waals surface area contributed by atoms with Crippen LogP contribution in [0.2, 0.25) is 0 Å². The highest BCUT2D eigenvalue weighted by Gasteiger charge is 2.13. The van der Waals surface area contributed by atoms with Crippen LogP contribution in [0.25, 0.3) is 0 Å². The zero-order valence-electron chi connectivity index (χ0n) is 8.58. The molecular weight excluding hydrogens is 195 g/mol. The van der Waals surface area contributed by atoms with E-state index in [1.165, 1.54) is 12.3 Å². The fraction of sp³-hybridized carbons (Fsp3) is 0.545. The first-order chi connectivity index (χ1) is 7.34. The highest BCUT2D eigenvalue weighted by Crippen LogP contribution is 2.09. The van der Waals surface area contributed by atoms with Gasteiger partial charge in [-0.3, -0.25) is 4.98 Å². The molecule has 82 valence electrons. The van der Waals surface area contributed by atoms with Crippen molar-refractivity contribution in [2.24, 2.45) is 0 Å². The number of halogens is 1. The van der Waals surface area contributed by atoms with Gasteiger partial charge in [0.1, 0.15) is 5.82 Å². The molecule has 1 aliphatic heterocycles. The SMILES string of the molecule is Fc1cncc(COC2CCCNC2)c1. The number of hydrogen-bond acceptors (Lipinski definition) is 3. The summed E-state index contributed by atoms with van der Waals surface area (Å²) in [6, 6.07) is 1.46. The van der Waals surface area contributed by atoms with Crippen LogP contribution in [0.5, 0.6) is 0 Å². The van der Waals surface area contributed by atoms with Crippen LogP contribution in [0.4, 0.5) is 4.39 Å². The number of hydrogen-bond donors (Lipinski definition) is 1. The van der Waals surface area contributed by atoms with E-state index in [1.54, 1.807) is 6.20 Å². The van der Waals surface area contributed by atoms with E-state index >= 15 is 0 Å². The van der Waals surface area contributed by atoms with Gasteiger partial charge in [0.05, 0.1) is 18.9 Å². The lowest BCUT2D eigenvalue weighted by atomic mass is 10.1. The molecule has 2 heterocycles. The first-order valence-electron chi connectivity index (χ1n) is 5.26. The van der Waals surface area contributed by atoms with Gasteiger partial charge in [-0.1, -0.05) is 0 Å². The summed E-state index contributed by atoms with van der Waals surface area (Å²) < 4.78 is 18.5. The molecule has 0 radical (unpaired) electrons. The molecule has 1 N–H and O–H groups in total. The van der Waals surface area contributed by atoms with Crippen LogP contribution in [0, 0.1) is 5.82 Å².